The van der Waals surface area contributed by atoms with Crippen molar-refractivity contribution >= 4 is 39.6 Å². The van der Waals surface area contributed by atoms with Crippen molar-refractivity contribution < 1.29 is 13.9 Å². The smallest absolute Gasteiger partial charge is 0.419 e. The van der Waals surface area contributed by atoms with Gasteiger partial charge in [-0.3, -0.25) is 0 Å². The van der Waals surface area contributed by atoms with E-state index in [1.165, 1.54) is 22.9 Å². The molecule has 0 radical (unpaired) electrons. The Morgan fingerprint density at radius 3 is 2.61 bits per heavy atom. The highest BCUT2D eigenvalue weighted by molar-refractivity contribution is 6.31. The van der Waals surface area contributed by atoms with Gasteiger partial charge in [0.1, 0.15) is 11.4 Å². The van der Waals surface area contributed by atoms with E-state index in [2.05, 4.69) is 9.97 Å². The number of rotatable bonds is 1. The van der Waals surface area contributed by atoms with E-state index in [1.54, 1.807) is 45.0 Å². The first kappa shape index (κ1) is 18.4. The van der Waals surface area contributed by atoms with Crippen molar-refractivity contribution in [3.05, 3.63) is 59.5 Å². The molecule has 28 heavy (non-hydrogen) atoms. The van der Waals surface area contributed by atoms with Crippen LogP contribution in [-0.2, 0) is 4.74 Å². The van der Waals surface area contributed by atoms with Gasteiger partial charge in [-0.2, -0.15) is 0 Å². The summed E-state index contributed by atoms with van der Waals surface area (Å²) < 4.78 is 20.7. The second-order valence-electron chi connectivity index (χ2n) is 7.45. The lowest BCUT2D eigenvalue weighted by Gasteiger charge is -2.21. The number of aromatic nitrogens is 3. The van der Waals surface area contributed by atoms with Gasteiger partial charge in [0.05, 0.1) is 21.9 Å². The second kappa shape index (κ2) is 6.56. The lowest BCUT2D eigenvalue weighted by Crippen LogP contribution is -2.27. The van der Waals surface area contributed by atoms with E-state index in [0.29, 0.717) is 33.0 Å². The summed E-state index contributed by atoms with van der Waals surface area (Å²) >= 11 is 5.98. The standard InChI is InChI=1S/C21H17ClFN3O2/c1-21(2,3)28-20(27)26-17-10-15(23)6-4-12(17)9-18(26)16-7-5-13-8-14(22)11-24-19(13)25-16/h4-11H,1-3H3. The molecule has 0 saturated heterocycles. The van der Waals surface area contributed by atoms with Gasteiger partial charge < -0.3 is 4.74 Å². The molecule has 0 N–H and O–H groups in total. The average Bonchev–Trinajstić information content (AvgIpc) is 2.98. The lowest BCUT2D eigenvalue weighted by molar-refractivity contribution is 0.0547. The van der Waals surface area contributed by atoms with Crippen molar-refractivity contribution in [3.8, 4) is 11.4 Å². The normalized spacial score (nSPS) is 11.9. The maximum absolute atomic E-state index is 13.9. The fourth-order valence-corrected chi connectivity index (χ4v) is 3.16. The van der Waals surface area contributed by atoms with Crippen LogP contribution in [0.3, 0.4) is 0 Å². The SMILES string of the molecule is CC(C)(C)OC(=O)n1c(-c2ccc3cc(Cl)cnc3n2)cc2ccc(F)cc21. The van der Waals surface area contributed by atoms with E-state index in [1.807, 2.05) is 6.07 Å². The van der Waals surface area contributed by atoms with Gasteiger partial charge in [0.15, 0.2) is 5.65 Å². The molecule has 0 spiro atoms. The Morgan fingerprint density at radius 2 is 1.86 bits per heavy atom. The highest BCUT2D eigenvalue weighted by Crippen LogP contribution is 2.30. The second-order valence-corrected chi connectivity index (χ2v) is 7.88. The lowest BCUT2D eigenvalue weighted by atomic mass is 10.2. The predicted molar refractivity (Wildman–Crippen MR) is 107 cm³/mol. The Kier molecular flexibility index (Phi) is 4.31. The van der Waals surface area contributed by atoms with Gasteiger partial charge >= 0.3 is 6.09 Å². The number of hydrogen-bond donors (Lipinski definition) is 0. The number of benzene rings is 1. The molecule has 7 heteroatoms. The minimum atomic E-state index is -0.701. The van der Waals surface area contributed by atoms with Crippen LogP contribution < -0.4 is 0 Å². The van der Waals surface area contributed by atoms with E-state index in [4.69, 9.17) is 16.3 Å². The molecule has 1 aromatic carbocycles. The highest BCUT2D eigenvalue weighted by atomic mass is 35.5. The molecule has 0 fully saturated rings. The summed E-state index contributed by atoms with van der Waals surface area (Å²) in [5.74, 6) is -0.440. The fourth-order valence-electron chi connectivity index (χ4n) is 2.99. The van der Waals surface area contributed by atoms with Crippen LogP contribution in [0.5, 0.6) is 0 Å². The molecule has 0 saturated carbocycles. The maximum atomic E-state index is 13.9. The molecule has 0 aliphatic rings. The van der Waals surface area contributed by atoms with Gasteiger partial charge in [0.25, 0.3) is 0 Å². The third-order valence-corrected chi connectivity index (χ3v) is 4.32. The molecule has 0 aliphatic carbocycles. The largest absolute Gasteiger partial charge is 0.443 e. The summed E-state index contributed by atoms with van der Waals surface area (Å²) in [6, 6.07) is 11.4. The maximum Gasteiger partial charge on any atom is 0.419 e. The minimum Gasteiger partial charge on any atom is -0.443 e. The van der Waals surface area contributed by atoms with E-state index < -0.39 is 17.5 Å². The van der Waals surface area contributed by atoms with Gasteiger partial charge in [-0.05, 0) is 63.2 Å². The summed E-state index contributed by atoms with van der Waals surface area (Å²) in [5, 5.41) is 2.00. The number of halogens is 2. The first-order valence-electron chi connectivity index (χ1n) is 8.68. The van der Waals surface area contributed by atoms with E-state index in [-0.39, 0.29) is 0 Å². The van der Waals surface area contributed by atoms with Crippen molar-refractivity contribution in [1.82, 2.24) is 14.5 Å². The van der Waals surface area contributed by atoms with Crippen LogP contribution in [0.15, 0.2) is 48.7 Å². The van der Waals surface area contributed by atoms with Crippen molar-refractivity contribution in [2.75, 3.05) is 0 Å². The summed E-state index contributed by atoms with van der Waals surface area (Å²) in [5.41, 5.74) is 1.22. The summed E-state index contributed by atoms with van der Waals surface area (Å²) in [7, 11) is 0. The first-order chi connectivity index (χ1) is 13.2. The third-order valence-electron chi connectivity index (χ3n) is 4.11. The number of carbonyl (C=O) groups excluding carboxylic acids is 1. The van der Waals surface area contributed by atoms with E-state index in [0.717, 1.165) is 5.39 Å². The molecule has 4 aromatic rings. The molecular formula is C21H17ClFN3O2. The highest BCUT2D eigenvalue weighted by Gasteiger charge is 2.23. The minimum absolute atomic E-state index is 0.412. The fraction of sp³-hybridized carbons (Fsp3) is 0.190. The number of ether oxygens (including phenoxy) is 1. The summed E-state index contributed by atoms with van der Waals surface area (Å²) in [4.78, 5) is 21.7. The van der Waals surface area contributed by atoms with Crippen LogP contribution in [0.4, 0.5) is 9.18 Å². The topological polar surface area (TPSA) is 57.0 Å². The molecule has 0 aliphatic heterocycles. The van der Waals surface area contributed by atoms with Crippen LogP contribution >= 0.6 is 11.6 Å². The van der Waals surface area contributed by atoms with Gasteiger partial charge in [-0.15, -0.1) is 0 Å². The molecule has 0 atom stereocenters. The monoisotopic (exact) mass is 397 g/mol. The Hall–Kier alpha value is -2.99. The van der Waals surface area contributed by atoms with Crippen molar-refractivity contribution in [1.29, 1.82) is 0 Å². The Morgan fingerprint density at radius 1 is 1.11 bits per heavy atom. The first-order valence-corrected chi connectivity index (χ1v) is 9.06. The molecule has 0 unspecified atom stereocenters. The van der Waals surface area contributed by atoms with Crippen LogP contribution in [0.1, 0.15) is 20.8 Å². The third kappa shape index (κ3) is 3.43. The van der Waals surface area contributed by atoms with Gasteiger partial charge in [-0.1, -0.05) is 11.6 Å². The van der Waals surface area contributed by atoms with E-state index in [9.17, 15) is 9.18 Å². The van der Waals surface area contributed by atoms with Crippen LogP contribution in [0.2, 0.25) is 5.02 Å². The van der Waals surface area contributed by atoms with Crippen LogP contribution in [-0.4, -0.2) is 26.2 Å². The number of hydrogen-bond acceptors (Lipinski definition) is 4. The van der Waals surface area contributed by atoms with Crippen molar-refractivity contribution in [2.24, 2.45) is 0 Å². The quantitative estimate of drug-likeness (QED) is 0.405. The molecule has 3 aromatic heterocycles. The van der Waals surface area contributed by atoms with Crippen LogP contribution in [0, 0.1) is 5.82 Å². The van der Waals surface area contributed by atoms with Crippen LogP contribution in [0.25, 0.3) is 33.3 Å². The van der Waals surface area contributed by atoms with Gasteiger partial charge in [0, 0.05) is 17.0 Å². The van der Waals surface area contributed by atoms with Crippen molar-refractivity contribution in [2.45, 2.75) is 26.4 Å². The number of carbonyl (C=O) groups is 1. The molecule has 0 amide bonds. The van der Waals surface area contributed by atoms with Crippen molar-refractivity contribution in [3.63, 3.8) is 0 Å². The Labute approximate surface area is 165 Å². The van der Waals surface area contributed by atoms with E-state index >= 15 is 0 Å². The number of pyridine rings is 2. The average molecular weight is 398 g/mol. The Balaban J connectivity index is 1.94. The molecule has 142 valence electrons. The zero-order chi connectivity index (χ0) is 20.1. The zero-order valence-electron chi connectivity index (χ0n) is 15.5. The van der Waals surface area contributed by atoms with Gasteiger partial charge in [0.2, 0.25) is 0 Å². The molecule has 0 bridgehead atoms. The number of nitrogens with zero attached hydrogens (tertiary/aromatic N) is 3. The van der Waals surface area contributed by atoms with Gasteiger partial charge in [-0.25, -0.2) is 23.7 Å². The Bertz CT molecular complexity index is 1230. The molecular weight excluding hydrogens is 381 g/mol. The number of fused-ring (bicyclic) bond motifs is 2. The molecule has 4 rings (SSSR count). The molecule has 3 heterocycles. The molecule has 5 nitrogen and oxygen atoms in total. The predicted octanol–water partition coefficient (Wildman–Crippen LogP) is 5.83. The zero-order valence-corrected chi connectivity index (χ0v) is 16.3. The summed E-state index contributed by atoms with van der Waals surface area (Å²) in [6.07, 6.45) is 0.911. The summed E-state index contributed by atoms with van der Waals surface area (Å²) in [6.45, 7) is 5.33.